The Kier molecular flexibility index (Phi) is 3.36. The number of hydrogen-bond acceptors (Lipinski definition) is 5. The second-order valence-corrected chi connectivity index (χ2v) is 4.16. The van der Waals surface area contributed by atoms with Gasteiger partial charge < -0.3 is 15.2 Å². The maximum Gasteiger partial charge on any atom is 0.425 e. The number of nitro groups is 1. The van der Waals surface area contributed by atoms with Crippen molar-refractivity contribution in [2.24, 2.45) is 0 Å². The standard InChI is InChI=1S/C9H4Cl2N4O4/c10-4-1-2-6(5(11)3-4)14-12-7(9(16)17)8(13-14)15(18)19/h1-3H,(H,16,17). The SMILES string of the molecule is O=C(O)c1nn(-c2ccc(Cl)cc2Cl)nc1[N+](=O)[O-]. The average Bonchev–Trinajstić information content (AvgIpc) is 2.73. The molecule has 2 rings (SSSR count). The molecular weight excluding hydrogens is 299 g/mol. The van der Waals surface area contributed by atoms with E-state index in [2.05, 4.69) is 10.2 Å². The highest BCUT2D eigenvalue weighted by Gasteiger charge is 2.29. The summed E-state index contributed by atoms with van der Waals surface area (Å²) in [5.74, 6) is -2.42. The second-order valence-electron chi connectivity index (χ2n) is 3.32. The van der Waals surface area contributed by atoms with E-state index in [0.29, 0.717) is 5.02 Å². The molecule has 1 aromatic carbocycles. The van der Waals surface area contributed by atoms with Crippen LogP contribution < -0.4 is 0 Å². The number of nitrogens with zero attached hydrogens (tertiary/aromatic N) is 4. The predicted octanol–water partition coefficient (Wildman–Crippen LogP) is 2.18. The van der Waals surface area contributed by atoms with Gasteiger partial charge in [-0.25, -0.2) is 4.79 Å². The minimum absolute atomic E-state index is 0.134. The van der Waals surface area contributed by atoms with Crippen LogP contribution in [0.1, 0.15) is 10.5 Å². The largest absolute Gasteiger partial charge is 0.476 e. The number of aromatic carboxylic acids is 1. The van der Waals surface area contributed by atoms with Gasteiger partial charge in [0.15, 0.2) is 0 Å². The molecule has 1 heterocycles. The number of carboxylic acids is 1. The number of carbonyl (C=O) groups is 1. The second kappa shape index (κ2) is 4.82. The number of rotatable bonds is 3. The molecule has 10 heteroatoms. The molecule has 2 aromatic rings. The van der Waals surface area contributed by atoms with Gasteiger partial charge in [-0.2, -0.15) is 0 Å². The first-order valence-electron chi connectivity index (χ1n) is 4.70. The summed E-state index contributed by atoms with van der Waals surface area (Å²) in [6, 6.07) is 4.27. The van der Waals surface area contributed by atoms with Gasteiger partial charge >= 0.3 is 11.8 Å². The third kappa shape index (κ3) is 2.49. The minimum Gasteiger partial charge on any atom is -0.476 e. The van der Waals surface area contributed by atoms with Crippen molar-refractivity contribution in [1.82, 2.24) is 15.0 Å². The van der Waals surface area contributed by atoms with Crippen molar-refractivity contribution in [3.05, 3.63) is 44.1 Å². The lowest BCUT2D eigenvalue weighted by Crippen LogP contribution is -2.03. The highest BCUT2D eigenvalue weighted by molar-refractivity contribution is 6.35. The Morgan fingerprint density at radius 3 is 2.53 bits per heavy atom. The minimum atomic E-state index is -1.55. The zero-order chi connectivity index (χ0) is 14.2. The van der Waals surface area contributed by atoms with E-state index in [-0.39, 0.29) is 10.7 Å². The topological polar surface area (TPSA) is 111 Å². The van der Waals surface area contributed by atoms with Crippen LogP contribution in [-0.2, 0) is 0 Å². The van der Waals surface area contributed by atoms with E-state index in [0.717, 1.165) is 4.80 Å². The van der Waals surface area contributed by atoms with Crippen LogP contribution in [0, 0.1) is 10.1 Å². The maximum absolute atomic E-state index is 10.8. The molecule has 1 aromatic heterocycles. The molecule has 0 amide bonds. The van der Waals surface area contributed by atoms with E-state index in [4.69, 9.17) is 28.3 Å². The molecule has 0 saturated heterocycles. The third-order valence-electron chi connectivity index (χ3n) is 2.10. The van der Waals surface area contributed by atoms with Gasteiger partial charge in [0.05, 0.1) is 10.1 Å². The number of benzene rings is 1. The molecule has 1 N–H and O–H groups in total. The Morgan fingerprint density at radius 1 is 1.37 bits per heavy atom. The van der Waals surface area contributed by atoms with Gasteiger partial charge in [-0.1, -0.05) is 28.0 Å². The van der Waals surface area contributed by atoms with E-state index in [1.165, 1.54) is 18.2 Å². The van der Waals surface area contributed by atoms with E-state index in [9.17, 15) is 14.9 Å². The fourth-order valence-electron chi connectivity index (χ4n) is 1.31. The normalized spacial score (nSPS) is 10.4. The summed E-state index contributed by atoms with van der Waals surface area (Å²) in [6.07, 6.45) is 0. The number of carboxylic acid groups (broad SMARTS) is 1. The smallest absolute Gasteiger partial charge is 0.425 e. The Morgan fingerprint density at radius 2 is 2.05 bits per heavy atom. The Bertz CT molecular complexity index is 653. The molecule has 98 valence electrons. The van der Waals surface area contributed by atoms with Crippen LogP contribution in [0.3, 0.4) is 0 Å². The summed E-state index contributed by atoms with van der Waals surface area (Å²) < 4.78 is 0. The Balaban J connectivity index is 2.60. The Hall–Kier alpha value is -2.19. The lowest BCUT2D eigenvalue weighted by atomic mass is 10.3. The molecule has 0 aliphatic rings. The summed E-state index contributed by atoms with van der Waals surface area (Å²) in [6.45, 7) is 0. The van der Waals surface area contributed by atoms with Crippen molar-refractivity contribution in [2.45, 2.75) is 0 Å². The van der Waals surface area contributed by atoms with Crippen molar-refractivity contribution in [1.29, 1.82) is 0 Å². The van der Waals surface area contributed by atoms with Gasteiger partial charge in [-0.05, 0) is 23.1 Å². The monoisotopic (exact) mass is 302 g/mol. The van der Waals surface area contributed by atoms with Crippen molar-refractivity contribution in [3.63, 3.8) is 0 Å². The maximum atomic E-state index is 10.8. The molecule has 0 unspecified atom stereocenters. The zero-order valence-corrected chi connectivity index (χ0v) is 10.5. The quantitative estimate of drug-likeness (QED) is 0.687. The van der Waals surface area contributed by atoms with Crippen molar-refractivity contribution in [2.75, 3.05) is 0 Å². The predicted molar refractivity (Wildman–Crippen MR) is 65.0 cm³/mol. The summed E-state index contributed by atoms with van der Waals surface area (Å²) in [4.78, 5) is 21.4. The number of hydrogen-bond donors (Lipinski definition) is 1. The molecule has 0 spiro atoms. The first-order valence-corrected chi connectivity index (χ1v) is 5.46. The summed E-state index contributed by atoms with van der Waals surface area (Å²) in [5.41, 5.74) is -0.585. The molecule has 0 aliphatic heterocycles. The van der Waals surface area contributed by atoms with Crippen molar-refractivity contribution in [3.8, 4) is 5.69 Å². The highest BCUT2D eigenvalue weighted by Crippen LogP contribution is 2.25. The summed E-state index contributed by atoms with van der Waals surface area (Å²) >= 11 is 11.6. The molecule has 0 radical (unpaired) electrons. The van der Waals surface area contributed by atoms with E-state index < -0.39 is 22.4 Å². The molecular formula is C9H4Cl2N4O4. The molecule has 0 fully saturated rings. The number of halogens is 2. The lowest BCUT2D eigenvalue weighted by molar-refractivity contribution is -0.390. The molecule has 19 heavy (non-hydrogen) atoms. The summed E-state index contributed by atoms with van der Waals surface area (Å²) in [5, 5.41) is 27.0. The molecule has 0 atom stereocenters. The van der Waals surface area contributed by atoms with Crippen LogP contribution in [0.5, 0.6) is 0 Å². The molecule has 0 bridgehead atoms. The Labute approximate surface area is 115 Å². The van der Waals surface area contributed by atoms with Crippen LogP contribution in [0.25, 0.3) is 5.69 Å². The first-order chi connectivity index (χ1) is 8.90. The van der Waals surface area contributed by atoms with Gasteiger partial charge in [0.2, 0.25) is 0 Å². The summed E-state index contributed by atoms with van der Waals surface area (Å²) in [7, 11) is 0. The van der Waals surface area contributed by atoms with Gasteiger partial charge in [-0.3, -0.25) is 0 Å². The van der Waals surface area contributed by atoms with Crippen LogP contribution in [-0.4, -0.2) is 31.0 Å². The van der Waals surface area contributed by atoms with E-state index >= 15 is 0 Å². The van der Waals surface area contributed by atoms with Crippen LogP contribution in [0.2, 0.25) is 10.0 Å². The third-order valence-corrected chi connectivity index (χ3v) is 2.63. The van der Waals surface area contributed by atoms with Gasteiger partial charge in [-0.15, -0.1) is 5.10 Å². The average molecular weight is 303 g/mol. The first kappa shape index (κ1) is 13.2. The van der Waals surface area contributed by atoms with Crippen molar-refractivity contribution < 1.29 is 14.8 Å². The van der Waals surface area contributed by atoms with Crippen molar-refractivity contribution >= 4 is 35.0 Å². The number of aromatic nitrogens is 3. The molecule has 0 saturated carbocycles. The van der Waals surface area contributed by atoms with E-state index in [1.807, 2.05) is 0 Å². The molecule has 0 aliphatic carbocycles. The van der Waals surface area contributed by atoms with Crippen LogP contribution in [0.15, 0.2) is 18.2 Å². The highest BCUT2D eigenvalue weighted by atomic mass is 35.5. The van der Waals surface area contributed by atoms with Crippen LogP contribution in [0.4, 0.5) is 5.82 Å². The van der Waals surface area contributed by atoms with Crippen LogP contribution >= 0.6 is 23.2 Å². The van der Waals surface area contributed by atoms with E-state index in [1.54, 1.807) is 0 Å². The lowest BCUT2D eigenvalue weighted by Gasteiger charge is -1.98. The van der Waals surface area contributed by atoms with Gasteiger partial charge in [0.25, 0.3) is 5.69 Å². The fraction of sp³-hybridized carbons (Fsp3) is 0. The van der Waals surface area contributed by atoms with Gasteiger partial charge in [0, 0.05) is 5.02 Å². The van der Waals surface area contributed by atoms with Gasteiger partial charge in [0.1, 0.15) is 5.69 Å². The molecule has 8 nitrogen and oxygen atoms in total. The zero-order valence-electron chi connectivity index (χ0n) is 8.95. The fourth-order valence-corrected chi connectivity index (χ4v) is 1.80.